The molecule has 1 aliphatic heterocycles. The molecule has 0 fully saturated rings. The molecule has 1 heterocycles. The summed E-state index contributed by atoms with van der Waals surface area (Å²) in [4.78, 5) is 12.4. The van der Waals surface area contributed by atoms with Gasteiger partial charge in [0.25, 0.3) is 0 Å². The summed E-state index contributed by atoms with van der Waals surface area (Å²) in [5, 5.41) is 0. The summed E-state index contributed by atoms with van der Waals surface area (Å²) in [6.45, 7) is 4.03. The normalized spacial score (nSPS) is 15.6. The predicted octanol–water partition coefficient (Wildman–Crippen LogP) is 3.77. The van der Waals surface area contributed by atoms with E-state index in [1.807, 2.05) is 26.0 Å². The summed E-state index contributed by atoms with van der Waals surface area (Å²) in [5.41, 5.74) is 1.72. The molecule has 0 saturated carbocycles. The molecule has 2 aromatic carbocycles. The van der Waals surface area contributed by atoms with Crippen molar-refractivity contribution >= 4 is 5.78 Å². The van der Waals surface area contributed by atoms with Gasteiger partial charge in [-0.3, -0.25) is 4.79 Å². The van der Waals surface area contributed by atoms with Gasteiger partial charge in [0.05, 0.1) is 0 Å². The lowest BCUT2D eigenvalue weighted by Crippen LogP contribution is -2.24. The van der Waals surface area contributed by atoms with Crippen molar-refractivity contribution in [1.82, 2.24) is 0 Å². The van der Waals surface area contributed by atoms with Gasteiger partial charge in [-0.15, -0.1) is 0 Å². The van der Waals surface area contributed by atoms with E-state index >= 15 is 0 Å². The van der Waals surface area contributed by atoms with E-state index < -0.39 is 5.82 Å². The molecule has 0 aromatic heterocycles. The molecule has 0 aliphatic carbocycles. The number of rotatable bonds is 2. The minimum atomic E-state index is -0.401. The van der Waals surface area contributed by atoms with Crippen molar-refractivity contribution in [3.8, 4) is 5.75 Å². The highest BCUT2D eigenvalue weighted by molar-refractivity contribution is 6.09. The highest BCUT2D eigenvalue weighted by Crippen LogP contribution is 2.35. The first-order chi connectivity index (χ1) is 9.44. The fourth-order valence-electron chi connectivity index (χ4n) is 2.55. The first-order valence-corrected chi connectivity index (χ1v) is 6.57. The molecule has 1 aliphatic rings. The van der Waals surface area contributed by atoms with Crippen LogP contribution in [0, 0.1) is 5.82 Å². The van der Waals surface area contributed by atoms with Crippen LogP contribution in [0.4, 0.5) is 4.39 Å². The van der Waals surface area contributed by atoms with Crippen LogP contribution in [0.2, 0.25) is 0 Å². The maximum atomic E-state index is 13.2. The van der Waals surface area contributed by atoms with Crippen molar-refractivity contribution in [2.75, 3.05) is 0 Å². The molecule has 102 valence electrons. The van der Waals surface area contributed by atoms with E-state index in [1.54, 1.807) is 18.2 Å². The molecule has 0 atom stereocenters. The summed E-state index contributed by atoms with van der Waals surface area (Å²) < 4.78 is 19.0. The number of fused-ring (bicyclic) bond motifs is 1. The molecule has 3 rings (SSSR count). The quantitative estimate of drug-likeness (QED) is 0.776. The molecule has 0 N–H and O–H groups in total. The highest BCUT2D eigenvalue weighted by Gasteiger charge is 2.30. The Morgan fingerprint density at radius 2 is 1.90 bits per heavy atom. The van der Waals surface area contributed by atoms with Crippen molar-refractivity contribution in [1.29, 1.82) is 0 Å². The Kier molecular flexibility index (Phi) is 2.85. The third-order valence-corrected chi connectivity index (χ3v) is 3.41. The third kappa shape index (κ3) is 2.31. The van der Waals surface area contributed by atoms with Crippen LogP contribution in [0.1, 0.15) is 35.3 Å². The second-order valence-corrected chi connectivity index (χ2v) is 5.70. The minimum Gasteiger partial charge on any atom is -0.487 e. The maximum absolute atomic E-state index is 13.2. The molecule has 0 radical (unpaired) electrons. The molecule has 0 spiro atoms. The summed E-state index contributed by atoms with van der Waals surface area (Å²) in [6, 6.07) is 11.1. The van der Waals surface area contributed by atoms with E-state index in [4.69, 9.17) is 4.74 Å². The standard InChI is InChI=1S/C17H15FO2/c1-17(2)10-13-8-12(6-7-15(13)20-17)16(19)11-4-3-5-14(18)9-11/h3-9H,10H2,1-2H3. The summed E-state index contributed by atoms with van der Waals surface area (Å²) in [7, 11) is 0. The van der Waals surface area contributed by atoms with Crippen molar-refractivity contribution in [2.45, 2.75) is 25.9 Å². The lowest BCUT2D eigenvalue weighted by molar-refractivity contribution is 0.103. The number of halogens is 1. The Morgan fingerprint density at radius 3 is 2.65 bits per heavy atom. The zero-order valence-corrected chi connectivity index (χ0v) is 11.4. The van der Waals surface area contributed by atoms with Gasteiger partial charge in [0.1, 0.15) is 17.2 Å². The van der Waals surface area contributed by atoms with E-state index in [0.29, 0.717) is 11.1 Å². The van der Waals surface area contributed by atoms with E-state index in [1.165, 1.54) is 12.1 Å². The van der Waals surface area contributed by atoms with E-state index in [-0.39, 0.29) is 11.4 Å². The fourth-order valence-corrected chi connectivity index (χ4v) is 2.55. The molecule has 0 amide bonds. The number of benzene rings is 2. The third-order valence-electron chi connectivity index (χ3n) is 3.41. The smallest absolute Gasteiger partial charge is 0.193 e. The van der Waals surface area contributed by atoms with Gasteiger partial charge in [-0.2, -0.15) is 0 Å². The number of carbonyl (C=O) groups excluding carboxylic acids is 1. The molecule has 2 nitrogen and oxygen atoms in total. The monoisotopic (exact) mass is 270 g/mol. The first kappa shape index (κ1) is 12.9. The van der Waals surface area contributed by atoms with Gasteiger partial charge in [-0.25, -0.2) is 4.39 Å². The number of ether oxygens (including phenoxy) is 1. The van der Waals surface area contributed by atoms with Gasteiger partial charge in [0, 0.05) is 17.5 Å². The molecule has 20 heavy (non-hydrogen) atoms. The largest absolute Gasteiger partial charge is 0.487 e. The zero-order valence-electron chi connectivity index (χ0n) is 11.4. The number of hydrogen-bond acceptors (Lipinski definition) is 2. The van der Waals surface area contributed by atoms with Crippen LogP contribution in [-0.4, -0.2) is 11.4 Å². The predicted molar refractivity (Wildman–Crippen MR) is 74.7 cm³/mol. The van der Waals surface area contributed by atoms with Crippen molar-refractivity contribution in [3.63, 3.8) is 0 Å². The molecule has 0 bridgehead atoms. The summed E-state index contributed by atoms with van der Waals surface area (Å²) in [6.07, 6.45) is 0.770. The lowest BCUT2D eigenvalue weighted by Gasteiger charge is -2.16. The van der Waals surface area contributed by atoms with E-state index in [0.717, 1.165) is 17.7 Å². The molecule has 0 saturated heterocycles. The SMILES string of the molecule is CC1(C)Cc2cc(C(=O)c3cccc(F)c3)ccc2O1. The average molecular weight is 270 g/mol. The number of hydrogen-bond donors (Lipinski definition) is 0. The Hall–Kier alpha value is -2.16. The van der Waals surface area contributed by atoms with Gasteiger partial charge >= 0.3 is 0 Å². The second-order valence-electron chi connectivity index (χ2n) is 5.70. The highest BCUT2D eigenvalue weighted by atomic mass is 19.1. The average Bonchev–Trinajstić information content (AvgIpc) is 2.70. The number of carbonyl (C=O) groups is 1. The lowest BCUT2D eigenvalue weighted by atomic mass is 9.97. The molecular weight excluding hydrogens is 255 g/mol. The minimum absolute atomic E-state index is 0.169. The van der Waals surface area contributed by atoms with Crippen LogP contribution in [0.15, 0.2) is 42.5 Å². The van der Waals surface area contributed by atoms with Crippen LogP contribution in [0.25, 0.3) is 0 Å². The zero-order chi connectivity index (χ0) is 14.3. The molecule has 3 heteroatoms. The summed E-state index contributed by atoms with van der Waals surface area (Å²) in [5.74, 6) is 0.254. The topological polar surface area (TPSA) is 26.3 Å². The Morgan fingerprint density at radius 1 is 1.15 bits per heavy atom. The fraction of sp³-hybridized carbons (Fsp3) is 0.235. The van der Waals surface area contributed by atoms with Crippen molar-refractivity contribution in [2.24, 2.45) is 0 Å². The van der Waals surface area contributed by atoms with Gasteiger partial charge in [0.2, 0.25) is 0 Å². The Labute approximate surface area is 117 Å². The van der Waals surface area contributed by atoms with Gasteiger partial charge in [0.15, 0.2) is 5.78 Å². The van der Waals surface area contributed by atoms with Crippen LogP contribution in [-0.2, 0) is 6.42 Å². The van der Waals surface area contributed by atoms with Crippen LogP contribution in [0.5, 0.6) is 5.75 Å². The van der Waals surface area contributed by atoms with Gasteiger partial charge < -0.3 is 4.74 Å². The Bertz CT molecular complexity index is 689. The van der Waals surface area contributed by atoms with Crippen LogP contribution < -0.4 is 4.74 Å². The van der Waals surface area contributed by atoms with Gasteiger partial charge in [-0.05, 0) is 49.7 Å². The van der Waals surface area contributed by atoms with Gasteiger partial charge in [-0.1, -0.05) is 12.1 Å². The molecule has 2 aromatic rings. The van der Waals surface area contributed by atoms with E-state index in [2.05, 4.69) is 0 Å². The molecule has 0 unspecified atom stereocenters. The van der Waals surface area contributed by atoms with E-state index in [9.17, 15) is 9.18 Å². The van der Waals surface area contributed by atoms with Crippen molar-refractivity contribution < 1.29 is 13.9 Å². The maximum Gasteiger partial charge on any atom is 0.193 e. The summed E-state index contributed by atoms with van der Waals surface area (Å²) >= 11 is 0. The second kappa shape index (κ2) is 4.44. The number of ketones is 1. The van der Waals surface area contributed by atoms with Crippen LogP contribution in [0.3, 0.4) is 0 Å². The van der Waals surface area contributed by atoms with Crippen molar-refractivity contribution in [3.05, 3.63) is 65.0 Å². The first-order valence-electron chi connectivity index (χ1n) is 6.57. The Balaban J connectivity index is 1.95. The van der Waals surface area contributed by atoms with Crippen LogP contribution >= 0.6 is 0 Å². The molecular formula is C17H15FO2.